The molecule has 0 aromatic heterocycles. The summed E-state index contributed by atoms with van der Waals surface area (Å²) >= 11 is 6.16. The van der Waals surface area contributed by atoms with E-state index in [9.17, 15) is 4.79 Å². The molecule has 1 saturated carbocycles. The third-order valence-corrected chi connectivity index (χ3v) is 3.75. The van der Waals surface area contributed by atoms with E-state index in [-0.39, 0.29) is 17.3 Å². The van der Waals surface area contributed by atoms with Crippen molar-refractivity contribution < 1.29 is 4.79 Å². The molecule has 1 aliphatic rings. The van der Waals surface area contributed by atoms with Crippen molar-refractivity contribution in [2.24, 2.45) is 0 Å². The highest BCUT2D eigenvalue weighted by Crippen LogP contribution is 2.24. The number of rotatable bonds is 2. The monoisotopic (exact) mass is 251 g/mol. The maximum atomic E-state index is 12.1. The molecule has 2 atom stereocenters. The minimum atomic E-state index is -0.00523. The van der Waals surface area contributed by atoms with Crippen molar-refractivity contribution in [3.8, 4) is 0 Å². The standard InChI is InChI=1S/C14H18ClNO/c1-9-6-10(2)8-11(7-9)14(17)16-13-5-3-4-12(13)15/h6-8,12-13H,3-5H2,1-2H3,(H,16,17). The number of aryl methyl sites for hydroxylation is 2. The topological polar surface area (TPSA) is 29.1 Å². The fourth-order valence-electron chi connectivity index (χ4n) is 2.43. The molecular formula is C14H18ClNO. The Morgan fingerprint density at radius 2 is 1.88 bits per heavy atom. The third-order valence-electron chi connectivity index (χ3n) is 3.23. The number of alkyl halides is 1. The zero-order chi connectivity index (χ0) is 12.4. The number of hydrogen-bond acceptors (Lipinski definition) is 1. The Hall–Kier alpha value is -1.02. The van der Waals surface area contributed by atoms with Crippen LogP contribution in [-0.4, -0.2) is 17.3 Å². The van der Waals surface area contributed by atoms with E-state index < -0.39 is 0 Å². The Labute approximate surface area is 107 Å². The molecule has 2 unspecified atom stereocenters. The molecule has 92 valence electrons. The highest BCUT2D eigenvalue weighted by Gasteiger charge is 2.26. The zero-order valence-electron chi connectivity index (χ0n) is 10.3. The van der Waals surface area contributed by atoms with Crippen molar-refractivity contribution >= 4 is 17.5 Å². The van der Waals surface area contributed by atoms with Crippen LogP contribution in [0.5, 0.6) is 0 Å². The lowest BCUT2D eigenvalue weighted by Gasteiger charge is -2.16. The first-order chi connectivity index (χ1) is 8.06. The van der Waals surface area contributed by atoms with Gasteiger partial charge in [0.2, 0.25) is 0 Å². The summed E-state index contributed by atoms with van der Waals surface area (Å²) in [4.78, 5) is 12.1. The number of carbonyl (C=O) groups excluding carboxylic acids is 1. The lowest BCUT2D eigenvalue weighted by molar-refractivity contribution is 0.0938. The van der Waals surface area contributed by atoms with Crippen LogP contribution >= 0.6 is 11.6 Å². The molecule has 3 heteroatoms. The minimum absolute atomic E-state index is 0.00523. The molecule has 0 aliphatic heterocycles. The van der Waals surface area contributed by atoms with Crippen molar-refractivity contribution in [1.82, 2.24) is 5.32 Å². The van der Waals surface area contributed by atoms with Gasteiger partial charge in [0, 0.05) is 11.6 Å². The summed E-state index contributed by atoms with van der Waals surface area (Å²) in [7, 11) is 0. The fraction of sp³-hybridized carbons (Fsp3) is 0.500. The number of nitrogens with one attached hydrogen (secondary N) is 1. The van der Waals surface area contributed by atoms with Crippen LogP contribution in [0.25, 0.3) is 0 Å². The molecule has 0 saturated heterocycles. The van der Waals surface area contributed by atoms with E-state index in [1.54, 1.807) is 0 Å². The van der Waals surface area contributed by atoms with Crippen LogP contribution in [0.3, 0.4) is 0 Å². The highest BCUT2D eigenvalue weighted by atomic mass is 35.5. The van der Waals surface area contributed by atoms with Crippen LogP contribution in [0, 0.1) is 13.8 Å². The van der Waals surface area contributed by atoms with E-state index in [0.29, 0.717) is 0 Å². The molecule has 1 aliphatic carbocycles. The predicted octanol–water partition coefficient (Wildman–Crippen LogP) is 3.19. The minimum Gasteiger partial charge on any atom is -0.348 e. The average molecular weight is 252 g/mol. The first kappa shape index (κ1) is 12.4. The molecule has 2 rings (SSSR count). The van der Waals surface area contributed by atoms with Gasteiger partial charge in [-0.25, -0.2) is 0 Å². The summed E-state index contributed by atoms with van der Waals surface area (Å²) in [6.07, 6.45) is 3.09. The van der Waals surface area contributed by atoms with Crippen LogP contribution in [-0.2, 0) is 0 Å². The second-order valence-electron chi connectivity index (χ2n) is 4.90. The molecule has 1 amide bonds. The zero-order valence-corrected chi connectivity index (χ0v) is 11.1. The van der Waals surface area contributed by atoms with Crippen LogP contribution in [0.1, 0.15) is 40.7 Å². The van der Waals surface area contributed by atoms with Crippen LogP contribution in [0.4, 0.5) is 0 Å². The Balaban J connectivity index is 2.09. The van der Waals surface area contributed by atoms with Gasteiger partial charge in [-0.3, -0.25) is 4.79 Å². The van der Waals surface area contributed by atoms with Gasteiger partial charge in [0.1, 0.15) is 0 Å². The summed E-state index contributed by atoms with van der Waals surface area (Å²) in [6, 6.07) is 6.03. The second-order valence-corrected chi connectivity index (χ2v) is 5.46. The van der Waals surface area contributed by atoms with Gasteiger partial charge in [-0.15, -0.1) is 11.6 Å². The van der Waals surface area contributed by atoms with Crippen molar-refractivity contribution in [3.05, 3.63) is 34.9 Å². The van der Waals surface area contributed by atoms with E-state index in [1.807, 2.05) is 26.0 Å². The average Bonchev–Trinajstić information content (AvgIpc) is 2.63. The van der Waals surface area contributed by atoms with Crippen LogP contribution in [0.2, 0.25) is 0 Å². The van der Waals surface area contributed by atoms with Gasteiger partial charge >= 0.3 is 0 Å². The third kappa shape index (κ3) is 3.01. The van der Waals surface area contributed by atoms with Gasteiger partial charge in [0.15, 0.2) is 0 Å². The van der Waals surface area contributed by atoms with E-state index in [4.69, 9.17) is 11.6 Å². The van der Waals surface area contributed by atoms with Gasteiger partial charge in [-0.05, 0) is 45.2 Å². The van der Waals surface area contributed by atoms with E-state index in [2.05, 4.69) is 11.4 Å². The summed E-state index contributed by atoms with van der Waals surface area (Å²) in [5.74, 6) is -0.00523. The SMILES string of the molecule is Cc1cc(C)cc(C(=O)NC2CCCC2Cl)c1. The summed E-state index contributed by atoms with van der Waals surface area (Å²) < 4.78 is 0. The normalized spacial score (nSPS) is 23.7. The van der Waals surface area contributed by atoms with Crippen molar-refractivity contribution in [3.63, 3.8) is 0 Å². The molecule has 2 nitrogen and oxygen atoms in total. The van der Waals surface area contributed by atoms with Gasteiger partial charge in [0.25, 0.3) is 5.91 Å². The molecular weight excluding hydrogens is 234 g/mol. The maximum absolute atomic E-state index is 12.1. The number of carbonyl (C=O) groups is 1. The molecule has 0 bridgehead atoms. The number of benzene rings is 1. The van der Waals surface area contributed by atoms with Crippen molar-refractivity contribution in [1.29, 1.82) is 0 Å². The molecule has 17 heavy (non-hydrogen) atoms. The number of halogens is 1. The smallest absolute Gasteiger partial charge is 0.251 e. The first-order valence-corrected chi connectivity index (χ1v) is 6.53. The van der Waals surface area contributed by atoms with Gasteiger partial charge in [-0.2, -0.15) is 0 Å². The molecule has 0 heterocycles. The maximum Gasteiger partial charge on any atom is 0.251 e. The summed E-state index contributed by atoms with van der Waals surface area (Å²) in [6.45, 7) is 4.01. The Bertz CT molecular complexity index is 410. The quantitative estimate of drug-likeness (QED) is 0.804. The largest absolute Gasteiger partial charge is 0.348 e. The highest BCUT2D eigenvalue weighted by molar-refractivity contribution is 6.21. The van der Waals surface area contributed by atoms with E-state index in [1.165, 1.54) is 0 Å². The molecule has 1 fully saturated rings. The molecule has 1 N–H and O–H groups in total. The van der Waals surface area contributed by atoms with Gasteiger partial charge < -0.3 is 5.32 Å². The second kappa shape index (κ2) is 5.09. The summed E-state index contributed by atoms with van der Waals surface area (Å²) in [5, 5.41) is 3.12. The Morgan fingerprint density at radius 1 is 1.24 bits per heavy atom. The van der Waals surface area contributed by atoms with Gasteiger partial charge in [-0.1, -0.05) is 17.2 Å². The molecule has 1 aromatic carbocycles. The van der Waals surface area contributed by atoms with E-state index >= 15 is 0 Å². The van der Waals surface area contributed by atoms with Crippen LogP contribution < -0.4 is 5.32 Å². The number of hydrogen-bond donors (Lipinski definition) is 1. The van der Waals surface area contributed by atoms with E-state index in [0.717, 1.165) is 36.0 Å². The van der Waals surface area contributed by atoms with Crippen molar-refractivity contribution in [2.75, 3.05) is 0 Å². The fourth-order valence-corrected chi connectivity index (χ4v) is 2.78. The summed E-state index contributed by atoms with van der Waals surface area (Å²) in [5.41, 5.74) is 2.96. The Morgan fingerprint density at radius 3 is 2.41 bits per heavy atom. The molecule has 1 aromatic rings. The van der Waals surface area contributed by atoms with Crippen molar-refractivity contribution in [2.45, 2.75) is 44.5 Å². The number of amides is 1. The lowest BCUT2D eigenvalue weighted by atomic mass is 10.1. The van der Waals surface area contributed by atoms with Crippen LogP contribution in [0.15, 0.2) is 18.2 Å². The Kier molecular flexibility index (Phi) is 3.72. The molecule has 0 radical (unpaired) electrons. The predicted molar refractivity (Wildman–Crippen MR) is 70.7 cm³/mol. The first-order valence-electron chi connectivity index (χ1n) is 6.09. The molecule has 0 spiro atoms. The van der Waals surface area contributed by atoms with Gasteiger partial charge in [0.05, 0.1) is 5.38 Å². The lowest BCUT2D eigenvalue weighted by Crippen LogP contribution is -2.37.